The number of aliphatic hydroxyl groups is 2. The summed E-state index contributed by atoms with van der Waals surface area (Å²) < 4.78 is 0. The zero-order valence-electron chi connectivity index (χ0n) is 9.26. The van der Waals surface area contributed by atoms with Crippen molar-refractivity contribution in [2.75, 3.05) is 13.7 Å². The van der Waals surface area contributed by atoms with E-state index in [0.717, 1.165) is 5.56 Å². The van der Waals surface area contributed by atoms with Crippen LogP contribution in [-0.2, 0) is 11.2 Å². The molecule has 16 heavy (non-hydrogen) atoms. The molecule has 0 fully saturated rings. The van der Waals surface area contributed by atoms with E-state index >= 15 is 0 Å². The fourth-order valence-corrected chi connectivity index (χ4v) is 1.56. The molecule has 4 nitrogen and oxygen atoms in total. The monoisotopic (exact) mass is 223 g/mol. The molecule has 1 aromatic rings. The van der Waals surface area contributed by atoms with E-state index in [0.29, 0.717) is 6.42 Å². The summed E-state index contributed by atoms with van der Waals surface area (Å²) >= 11 is 0. The molecule has 0 heterocycles. The molecule has 0 saturated carbocycles. The van der Waals surface area contributed by atoms with Gasteiger partial charge < -0.3 is 15.5 Å². The number of ketones is 1. The Balaban J connectivity index is 2.65. The predicted molar refractivity (Wildman–Crippen MR) is 61.1 cm³/mol. The van der Waals surface area contributed by atoms with Crippen LogP contribution in [0.1, 0.15) is 5.56 Å². The summed E-state index contributed by atoms with van der Waals surface area (Å²) in [5.41, 5.74) is 1.03. The van der Waals surface area contributed by atoms with Gasteiger partial charge in [-0.2, -0.15) is 0 Å². The van der Waals surface area contributed by atoms with Crippen molar-refractivity contribution in [3.05, 3.63) is 35.9 Å². The van der Waals surface area contributed by atoms with Crippen molar-refractivity contribution >= 4 is 5.78 Å². The van der Waals surface area contributed by atoms with Crippen LogP contribution in [0.25, 0.3) is 0 Å². The van der Waals surface area contributed by atoms with E-state index in [1.54, 1.807) is 7.05 Å². The molecule has 0 radical (unpaired) electrons. The number of hydrogen-bond donors (Lipinski definition) is 3. The van der Waals surface area contributed by atoms with Crippen LogP contribution in [0.5, 0.6) is 0 Å². The smallest absolute Gasteiger partial charge is 0.188 e. The Bertz CT molecular complexity index is 326. The van der Waals surface area contributed by atoms with Crippen molar-refractivity contribution in [2.45, 2.75) is 18.6 Å². The Kier molecular flexibility index (Phi) is 5.11. The number of benzene rings is 1. The van der Waals surface area contributed by atoms with Gasteiger partial charge in [0, 0.05) is 6.04 Å². The molecule has 0 aliphatic rings. The van der Waals surface area contributed by atoms with Crippen LogP contribution in [-0.4, -0.2) is 41.8 Å². The van der Waals surface area contributed by atoms with E-state index in [1.807, 2.05) is 30.3 Å². The third-order valence-electron chi connectivity index (χ3n) is 2.54. The first kappa shape index (κ1) is 12.8. The first-order valence-corrected chi connectivity index (χ1v) is 5.22. The first-order chi connectivity index (χ1) is 7.69. The quantitative estimate of drug-likeness (QED) is 0.621. The van der Waals surface area contributed by atoms with Crippen LogP contribution >= 0.6 is 0 Å². The summed E-state index contributed by atoms with van der Waals surface area (Å²) in [5.74, 6) is -0.560. The average molecular weight is 223 g/mol. The number of Topliss-reactive ketones (excluding diaryl/α,β-unsaturated/α-hetero) is 1. The van der Waals surface area contributed by atoms with E-state index in [1.165, 1.54) is 0 Å². The Morgan fingerprint density at radius 2 is 2.00 bits per heavy atom. The van der Waals surface area contributed by atoms with Gasteiger partial charge in [-0.3, -0.25) is 4.79 Å². The van der Waals surface area contributed by atoms with Crippen LogP contribution in [0.2, 0.25) is 0 Å². The summed E-state index contributed by atoms with van der Waals surface area (Å²) in [7, 11) is 1.68. The third-order valence-corrected chi connectivity index (χ3v) is 2.54. The van der Waals surface area contributed by atoms with Gasteiger partial charge in [-0.1, -0.05) is 30.3 Å². The highest BCUT2D eigenvalue weighted by molar-refractivity contribution is 5.84. The highest BCUT2D eigenvalue weighted by Crippen LogP contribution is 2.06. The molecule has 0 aliphatic heterocycles. The molecule has 88 valence electrons. The number of rotatable bonds is 6. The second-order valence-corrected chi connectivity index (χ2v) is 3.65. The van der Waals surface area contributed by atoms with Crippen molar-refractivity contribution in [2.24, 2.45) is 0 Å². The number of hydrogen-bond acceptors (Lipinski definition) is 4. The van der Waals surface area contributed by atoms with E-state index in [-0.39, 0.29) is 6.04 Å². The van der Waals surface area contributed by atoms with E-state index in [9.17, 15) is 9.90 Å². The van der Waals surface area contributed by atoms with Gasteiger partial charge in [0.2, 0.25) is 0 Å². The standard InChI is InChI=1S/C12H17NO3/c1-13-10(12(16)11(15)8-14)7-9-5-3-2-4-6-9/h2-6,10,12-14,16H,7-8H2,1H3. The number of likely N-dealkylation sites (N-methyl/N-ethyl adjacent to an activating group) is 1. The lowest BCUT2D eigenvalue weighted by Crippen LogP contribution is -2.45. The van der Waals surface area contributed by atoms with Crippen LogP contribution in [0, 0.1) is 0 Å². The van der Waals surface area contributed by atoms with Crippen LogP contribution in [0.4, 0.5) is 0 Å². The van der Waals surface area contributed by atoms with Crippen molar-refractivity contribution in [3.63, 3.8) is 0 Å². The maximum absolute atomic E-state index is 11.2. The number of aliphatic hydroxyl groups excluding tert-OH is 2. The second-order valence-electron chi connectivity index (χ2n) is 3.65. The lowest BCUT2D eigenvalue weighted by Gasteiger charge is -2.20. The minimum Gasteiger partial charge on any atom is -0.388 e. The number of nitrogens with one attached hydrogen (secondary N) is 1. The SMILES string of the molecule is CNC(Cc1ccccc1)C(O)C(=O)CO. The lowest BCUT2D eigenvalue weighted by molar-refractivity contribution is -0.131. The molecule has 0 spiro atoms. The van der Waals surface area contributed by atoms with Crippen molar-refractivity contribution < 1.29 is 15.0 Å². The minimum absolute atomic E-state index is 0.373. The summed E-state index contributed by atoms with van der Waals surface area (Å²) in [5, 5.41) is 21.2. The largest absolute Gasteiger partial charge is 0.388 e. The second kappa shape index (κ2) is 6.37. The molecule has 3 N–H and O–H groups in total. The normalized spacial score (nSPS) is 14.4. The molecular formula is C12H17NO3. The minimum atomic E-state index is -1.17. The molecule has 0 saturated heterocycles. The molecular weight excluding hydrogens is 206 g/mol. The van der Waals surface area contributed by atoms with E-state index in [2.05, 4.69) is 5.32 Å². The summed E-state index contributed by atoms with van der Waals surface area (Å²) in [6.45, 7) is -0.631. The van der Waals surface area contributed by atoms with Gasteiger partial charge in [-0.05, 0) is 19.0 Å². The number of carbonyl (C=O) groups is 1. The van der Waals surface area contributed by atoms with E-state index < -0.39 is 18.5 Å². The van der Waals surface area contributed by atoms with Crippen molar-refractivity contribution in [1.82, 2.24) is 5.32 Å². The first-order valence-electron chi connectivity index (χ1n) is 5.22. The third kappa shape index (κ3) is 3.41. The zero-order chi connectivity index (χ0) is 12.0. The van der Waals surface area contributed by atoms with E-state index in [4.69, 9.17) is 5.11 Å². The molecule has 0 aliphatic carbocycles. The Morgan fingerprint density at radius 1 is 1.38 bits per heavy atom. The van der Waals surface area contributed by atoms with Gasteiger partial charge in [-0.25, -0.2) is 0 Å². The fourth-order valence-electron chi connectivity index (χ4n) is 1.56. The summed E-state index contributed by atoms with van der Waals surface area (Å²) in [6.07, 6.45) is -0.625. The maximum atomic E-state index is 11.2. The molecule has 1 rings (SSSR count). The Labute approximate surface area is 94.9 Å². The van der Waals surface area contributed by atoms with Gasteiger partial charge in [0.15, 0.2) is 5.78 Å². The van der Waals surface area contributed by atoms with Gasteiger partial charge in [0.05, 0.1) is 0 Å². The van der Waals surface area contributed by atoms with Gasteiger partial charge >= 0.3 is 0 Å². The maximum Gasteiger partial charge on any atom is 0.188 e. The molecule has 4 heteroatoms. The number of carbonyl (C=O) groups excluding carboxylic acids is 1. The van der Waals surface area contributed by atoms with Gasteiger partial charge in [0.25, 0.3) is 0 Å². The van der Waals surface area contributed by atoms with Crippen LogP contribution in [0.3, 0.4) is 0 Å². The summed E-state index contributed by atoms with van der Waals surface area (Å²) in [6, 6.07) is 9.21. The van der Waals surface area contributed by atoms with Crippen LogP contribution < -0.4 is 5.32 Å². The highest BCUT2D eigenvalue weighted by atomic mass is 16.3. The Morgan fingerprint density at radius 3 is 2.50 bits per heavy atom. The highest BCUT2D eigenvalue weighted by Gasteiger charge is 2.23. The average Bonchev–Trinajstić information content (AvgIpc) is 2.35. The predicted octanol–water partition coefficient (Wildman–Crippen LogP) is -0.261. The molecule has 1 aromatic carbocycles. The summed E-state index contributed by atoms with van der Waals surface area (Å²) in [4.78, 5) is 11.2. The Hall–Kier alpha value is -1.23. The molecule has 0 amide bonds. The van der Waals surface area contributed by atoms with Gasteiger partial charge in [0.1, 0.15) is 12.7 Å². The fraction of sp³-hybridized carbons (Fsp3) is 0.417. The molecule has 0 bridgehead atoms. The van der Waals surface area contributed by atoms with Crippen LogP contribution in [0.15, 0.2) is 30.3 Å². The van der Waals surface area contributed by atoms with Gasteiger partial charge in [-0.15, -0.1) is 0 Å². The molecule has 0 aromatic heterocycles. The topological polar surface area (TPSA) is 69.6 Å². The van der Waals surface area contributed by atoms with Crippen molar-refractivity contribution in [3.8, 4) is 0 Å². The molecule has 2 unspecified atom stereocenters. The lowest BCUT2D eigenvalue weighted by atomic mass is 9.99. The van der Waals surface area contributed by atoms with Crippen molar-refractivity contribution in [1.29, 1.82) is 0 Å². The zero-order valence-corrected chi connectivity index (χ0v) is 9.26. The molecule has 2 atom stereocenters.